The summed E-state index contributed by atoms with van der Waals surface area (Å²) < 4.78 is 64.3. The fourth-order valence-corrected chi connectivity index (χ4v) is 3.95. The van der Waals surface area contributed by atoms with E-state index in [1.54, 1.807) is 7.05 Å². The largest absolute Gasteiger partial charge is 0.416 e. The van der Waals surface area contributed by atoms with Crippen LogP contribution in [0.2, 0.25) is 0 Å². The molecule has 0 saturated carbocycles. The quantitative estimate of drug-likeness (QED) is 0.903. The van der Waals surface area contributed by atoms with Crippen LogP contribution < -0.4 is 5.32 Å². The van der Waals surface area contributed by atoms with Crippen LogP contribution in [0.15, 0.2) is 29.2 Å². The van der Waals surface area contributed by atoms with Crippen molar-refractivity contribution in [3.05, 3.63) is 29.8 Å². The Labute approximate surface area is 134 Å². The number of sulfonamides is 1. The smallest absolute Gasteiger partial charge is 0.316 e. The molecule has 126 valence electrons. The van der Waals surface area contributed by atoms with E-state index in [4.69, 9.17) is 0 Å². The van der Waals surface area contributed by atoms with E-state index in [0.29, 0.717) is 19.0 Å². The second-order valence-corrected chi connectivity index (χ2v) is 6.95. The Hall–Kier alpha value is -0.830. The van der Waals surface area contributed by atoms with E-state index in [1.807, 2.05) is 0 Å². The Morgan fingerprint density at radius 2 is 2.00 bits per heavy atom. The van der Waals surface area contributed by atoms with Crippen molar-refractivity contribution in [3.8, 4) is 0 Å². The van der Waals surface area contributed by atoms with Crippen LogP contribution in [0.25, 0.3) is 0 Å². The second kappa shape index (κ2) is 7.16. The van der Waals surface area contributed by atoms with Gasteiger partial charge in [0, 0.05) is 19.1 Å². The van der Waals surface area contributed by atoms with E-state index in [-0.39, 0.29) is 29.9 Å². The molecule has 0 bridgehead atoms. The summed E-state index contributed by atoms with van der Waals surface area (Å²) >= 11 is 0. The molecule has 1 unspecified atom stereocenters. The highest BCUT2D eigenvalue weighted by Gasteiger charge is 2.34. The Balaban J connectivity index is 0.00000242. The van der Waals surface area contributed by atoms with Gasteiger partial charge in [-0.05, 0) is 38.1 Å². The zero-order chi connectivity index (χ0) is 15.7. The summed E-state index contributed by atoms with van der Waals surface area (Å²) in [4.78, 5) is -0.311. The van der Waals surface area contributed by atoms with Gasteiger partial charge >= 0.3 is 6.18 Å². The lowest BCUT2D eigenvalue weighted by molar-refractivity contribution is -0.137. The van der Waals surface area contributed by atoms with Crippen molar-refractivity contribution < 1.29 is 21.6 Å². The van der Waals surface area contributed by atoms with E-state index in [1.165, 1.54) is 10.4 Å². The molecule has 0 radical (unpaired) electrons. The Morgan fingerprint density at radius 1 is 1.32 bits per heavy atom. The molecule has 1 N–H and O–H groups in total. The predicted octanol–water partition coefficient (Wildman–Crippen LogP) is 2.50. The molecular weight excluding hydrogens is 341 g/mol. The number of hydrogen-bond acceptors (Lipinski definition) is 3. The predicted molar refractivity (Wildman–Crippen MR) is 79.5 cm³/mol. The van der Waals surface area contributed by atoms with Crippen molar-refractivity contribution in [1.29, 1.82) is 0 Å². The number of benzene rings is 1. The summed E-state index contributed by atoms with van der Waals surface area (Å²) in [5.41, 5.74) is -0.953. The molecule has 1 heterocycles. The number of halogens is 4. The standard InChI is InChI=1S/C13H17F3N2O2S.ClH/c1-17-11-5-3-7-18(9-11)21(19,20)12-6-2-4-10(8-12)13(14,15)16;/h2,4,6,8,11,17H,3,5,7,9H2,1H3;1H. The molecule has 1 aliphatic rings. The molecule has 1 aromatic rings. The number of nitrogens with one attached hydrogen (secondary N) is 1. The number of rotatable bonds is 3. The van der Waals surface area contributed by atoms with Gasteiger partial charge in [0.1, 0.15) is 0 Å². The van der Waals surface area contributed by atoms with E-state index in [9.17, 15) is 21.6 Å². The molecule has 22 heavy (non-hydrogen) atoms. The zero-order valence-electron chi connectivity index (χ0n) is 11.9. The first kappa shape index (κ1) is 19.2. The Morgan fingerprint density at radius 3 is 2.59 bits per heavy atom. The molecule has 0 aromatic heterocycles. The topological polar surface area (TPSA) is 49.4 Å². The molecule has 1 atom stereocenters. The maximum absolute atomic E-state index is 12.7. The third-order valence-corrected chi connectivity index (χ3v) is 5.45. The number of likely N-dealkylation sites (N-methyl/N-ethyl adjacent to an activating group) is 1. The number of alkyl halides is 3. The number of hydrogen-bond donors (Lipinski definition) is 1. The van der Waals surface area contributed by atoms with E-state index in [2.05, 4.69) is 5.32 Å². The molecule has 1 aromatic carbocycles. The van der Waals surface area contributed by atoms with Crippen molar-refractivity contribution in [2.75, 3.05) is 20.1 Å². The molecule has 1 saturated heterocycles. The lowest BCUT2D eigenvalue weighted by atomic mass is 10.1. The second-order valence-electron chi connectivity index (χ2n) is 5.02. The van der Waals surface area contributed by atoms with Gasteiger partial charge in [0.15, 0.2) is 0 Å². The minimum Gasteiger partial charge on any atom is -0.316 e. The highest BCUT2D eigenvalue weighted by Crippen LogP contribution is 2.31. The number of piperidine rings is 1. The lowest BCUT2D eigenvalue weighted by Crippen LogP contribution is -2.46. The molecule has 2 rings (SSSR count). The van der Waals surface area contributed by atoms with Gasteiger partial charge in [0.25, 0.3) is 0 Å². The fourth-order valence-electron chi connectivity index (χ4n) is 2.38. The van der Waals surface area contributed by atoms with Crippen LogP contribution in [0, 0.1) is 0 Å². The van der Waals surface area contributed by atoms with Crippen LogP contribution >= 0.6 is 12.4 Å². The van der Waals surface area contributed by atoms with E-state index < -0.39 is 21.8 Å². The van der Waals surface area contributed by atoms with Crippen molar-refractivity contribution in [2.45, 2.75) is 30.0 Å². The molecular formula is C13H18ClF3N2O2S. The molecule has 9 heteroatoms. The summed E-state index contributed by atoms with van der Waals surface area (Å²) in [7, 11) is -2.15. The minimum atomic E-state index is -4.55. The summed E-state index contributed by atoms with van der Waals surface area (Å²) in [6, 6.07) is 3.91. The molecule has 0 amide bonds. The number of nitrogens with zero attached hydrogens (tertiary/aromatic N) is 1. The normalized spacial score (nSPS) is 20.5. The van der Waals surface area contributed by atoms with Gasteiger partial charge in [-0.15, -0.1) is 12.4 Å². The maximum Gasteiger partial charge on any atom is 0.416 e. The Bertz CT molecular complexity index is 608. The first-order chi connectivity index (χ1) is 9.75. The first-order valence-corrected chi connectivity index (χ1v) is 8.04. The Kier molecular flexibility index (Phi) is 6.26. The third kappa shape index (κ3) is 4.13. The maximum atomic E-state index is 12.7. The summed E-state index contributed by atoms with van der Waals surface area (Å²) in [5.74, 6) is 0. The van der Waals surface area contributed by atoms with Crippen molar-refractivity contribution in [1.82, 2.24) is 9.62 Å². The van der Waals surface area contributed by atoms with Crippen LogP contribution in [-0.4, -0.2) is 38.9 Å². The van der Waals surface area contributed by atoms with Gasteiger partial charge in [-0.2, -0.15) is 17.5 Å². The lowest BCUT2D eigenvalue weighted by Gasteiger charge is -2.31. The average Bonchev–Trinajstić information content (AvgIpc) is 2.46. The summed E-state index contributed by atoms with van der Waals surface area (Å²) in [6.07, 6.45) is -3.02. The molecule has 0 spiro atoms. The molecule has 4 nitrogen and oxygen atoms in total. The van der Waals surface area contributed by atoms with Crippen LogP contribution in [0.4, 0.5) is 13.2 Å². The van der Waals surface area contributed by atoms with E-state index in [0.717, 1.165) is 18.6 Å². The minimum absolute atomic E-state index is 0. The van der Waals surface area contributed by atoms with Gasteiger partial charge in [-0.1, -0.05) is 6.07 Å². The molecule has 0 aliphatic carbocycles. The SMILES string of the molecule is CNC1CCCN(S(=O)(=O)c2cccc(C(F)(F)F)c2)C1.Cl. The summed E-state index contributed by atoms with van der Waals surface area (Å²) in [5, 5.41) is 3.01. The van der Waals surface area contributed by atoms with Crippen molar-refractivity contribution in [3.63, 3.8) is 0 Å². The average molecular weight is 359 g/mol. The van der Waals surface area contributed by atoms with E-state index >= 15 is 0 Å². The summed E-state index contributed by atoms with van der Waals surface area (Å²) in [6.45, 7) is 0.603. The third-order valence-electron chi connectivity index (χ3n) is 3.59. The highest BCUT2D eigenvalue weighted by atomic mass is 35.5. The van der Waals surface area contributed by atoms with Crippen molar-refractivity contribution in [2.24, 2.45) is 0 Å². The van der Waals surface area contributed by atoms with Gasteiger partial charge < -0.3 is 5.32 Å². The zero-order valence-corrected chi connectivity index (χ0v) is 13.6. The van der Waals surface area contributed by atoms with Crippen LogP contribution in [0.5, 0.6) is 0 Å². The monoisotopic (exact) mass is 358 g/mol. The van der Waals surface area contributed by atoms with Gasteiger partial charge in [0.05, 0.1) is 10.5 Å². The molecule has 1 aliphatic heterocycles. The molecule has 1 fully saturated rings. The van der Waals surface area contributed by atoms with Gasteiger partial charge in [-0.25, -0.2) is 8.42 Å². The first-order valence-electron chi connectivity index (χ1n) is 6.60. The van der Waals surface area contributed by atoms with Crippen LogP contribution in [0.1, 0.15) is 18.4 Å². The van der Waals surface area contributed by atoms with Gasteiger partial charge in [0.2, 0.25) is 10.0 Å². The fraction of sp³-hybridized carbons (Fsp3) is 0.538. The highest BCUT2D eigenvalue weighted by molar-refractivity contribution is 7.89. The van der Waals surface area contributed by atoms with Crippen LogP contribution in [0.3, 0.4) is 0 Å². The van der Waals surface area contributed by atoms with Gasteiger partial charge in [-0.3, -0.25) is 0 Å². The van der Waals surface area contributed by atoms with Crippen LogP contribution in [-0.2, 0) is 16.2 Å². The van der Waals surface area contributed by atoms with Crippen molar-refractivity contribution >= 4 is 22.4 Å².